The van der Waals surface area contributed by atoms with Gasteiger partial charge in [-0.3, -0.25) is 9.59 Å². The van der Waals surface area contributed by atoms with Gasteiger partial charge in [-0.15, -0.1) is 0 Å². The lowest BCUT2D eigenvalue weighted by atomic mass is 10.1. The molecular weight excluding hydrogens is 322 g/mol. The standard InChI is InChI=1S/C18H21N3O4/c1-11-15(12(2)25-20-11)9-17(22)21-10-14(8-16(21)18(19)23)24-13-6-4-3-5-7-13/h3-7,14,16H,8-10H2,1-2H3,(H2,19,23)/t14-,16-/m0/s1. The second-order valence-corrected chi connectivity index (χ2v) is 6.23. The fourth-order valence-corrected chi connectivity index (χ4v) is 3.13. The van der Waals surface area contributed by atoms with Crippen LogP contribution in [-0.4, -0.2) is 40.6 Å². The summed E-state index contributed by atoms with van der Waals surface area (Å²) in [4.78, 5) is 26.0. The Hall–Kier alpha value is -2.83. The molecule has 2 heterocycles. The monoisotopic (exact) mass is 343 g/mol. The van der Waals surface area contributed by atoms with E-state index in [-0.39, 0.29) is 18.4 Å². The van der Waals surface area contributed by atoms with Crippen molar-refractivity contribution in [3.63, 3.8) is 0 Å². The molecule has 7 heteroatoms. The largest absolute Gasteiger partial charge is 0.488 e. The summed E-state index contributed by atoms with van der Waals surface area (Å²) in [5, 5.41) is 3.86. The quantitative estimate of drug-likeness (QED) is 0.884. The van der Waals surface area contributed by atoms with Crippen LogP contribution in [0.3, 0.4) is 0 Å². The molecule has 0 saturated carbocycles. The van der Waals surface area contributed by atoms with E-state index in [1.54, 1.807) is 13.8 Å². The van der Waals surface area contributed by atoms with Crippen molar-refractivity contribution in [1.82, 2.24) is 10.1 Å². The lowest BCUT2D eigenvalue weighted by molar-refractivity contribution is -0.136. The Morgan fingerprint density at radius 2 is 2.04 bits per heavy atom. The van der Waals surface area contributed by atoms with Gasteiger partial charge in [0.25, 0.3) is 0 Å². The van der Waals surface area contributed by atoms with Crippen molar-refractivity contribution in [2.75, 3.05) is 6.54 Å². The van der Waals surface area contributed by atoms with Crippen molar-refractivity contribution < 1.29 is 18.8 Å². The number of hydrogen-bond acceptors (Lipinski definition) is 5. The molecule has 0 bridgehead atoms. The van der Waals surface area contributed by atoms with Crippen molar-refractivity contribution in [3.8, 4) is 5.75 Å². The summed E-state index contributed by atoms with van der Waals surface area (Å²) < 4.78 is 11.0. The van der Waals surface area contributed by atoms with E-state index in [1.165, 1.54) is 4.90 Å². The van der Waals surface area contributed by atoms with Crippen LogP contribution >= 0.6 is 0 Å². The maximum Gasteiger partial charge on any atom is 0.240 e. The first-order chi connectivity index (χ1) is 12.0. The van der Waals surface area contributed by atoms with Gasteiger partial charge in [-0.25, -0.2) is 0 Å². The van der Waals surface area contributed by atoms with Crippen LogP contribution in [0.25, 0.3) is 0 Å². The maximum absolute atomic E-state index is 12.7. The van der Waals surface area contributed by atoms with Crippen molar-refractivity contribution in [3.05, 3.63) is 47.3 Å². The number of ether oxygens (including phenoxy) is 1. The van der Waals surface area contributed by atoms with E-state index >= 15 is 0 Å². The third-order valence-electron chi connectivity index (χ3n) is 4.47. The Kier molecular flexibility index (Phi) is 4.74. The summed E-state index contributed by atoms with van der Waals surface area (Å²) in [7, 11) is 0. The van der Waals surface area contributed by atoms with Crippen LogP contribution in [0.1, 0.15) is 23.4 Å². The second kappa shape index (κ2) is 6.96. The molecule has 1 aliphatic heterocycles. The highest BCUT2D eigenvalue weighted by Crippen LogP contribution is 2.24. The van der Waals surface area contributed by atoms with Gasteiger partial charge in [0.1, 0.15) is 23.7 Å². The number of rotatable bonds is 5. The topological polar surface area (TPSA) is 98.7 Å². The minimum atomic E-state index is -0.665. The second-order valence-electron chi connectivity index (χ2n) is 6.23. The SMILES string of the molecule is Cc1noc(C)c1CC(=O)N1C[C@@H](Oc2ccccc2)C[C@H]1C(N)=O. The van der Waals surface area contributed by atoms with Crippen LogP contribution in [0, 0.1) is 13.8 Å². The molecule has 1 aromatic carbocycles. The molecule has 25 heavy (non-hydrogen) atoms. The molecule has 7 nitrogen and oxygen atoms in total. The molecule has 1 saturated heterocycles. The minimum Gasteiger partial charge on any atom is -0.488 e. The van der Waals surface area contributed by atoms with Crippen molar-refractivity contribution in [2.24, 2.45) is 5.73 Å². The van der Waals surface area contributed by atoms with Gasteiger partial charge in [-0.1, -0.05) is 23.4 Å². The first-order valence-corrected chi connectivity index (χ1v) is 8.18. The number of hydrogen-bond donors (Lipinski definition) is 1. The zero-order chi connectivity index (χ0) is 18.0. The summed E-state index contributed by atoms with van der Waals surface area (Å²) in [5.74, 6) is 0.608. The summed E-state index contributed by atoms with van der Waals surface area (Å²) in [6.07, 6.45) is 0.245. The number of amides is 2. The van der Waals surface area contributed by atoms with Crippen LogP contribution < -0.4 is 10.5 Å². The summed E-state index contributed by atoms with van der Waals surface area (Å²) in [5.41, 5.74) is 6.92. The molecule has 2 amide bonds. The zero-order valence-electron chi connectivity index (χ0n) is 14.3. The Bertz CT molecular complexity index is 752. The maximum atomic E-state index is 12.7. The lowest BCUT2D eigenvalue weighted by Crippen LogP contribution is -2.44. The number of aromatic nitrogens is 1. The smallest absolute Gasteiger partial charge is 0.240 e. The van der Waals surface area contributed by atoms with Crippen LogP contribution in [0.15, 0.2) is 34.9 Å². The molecule has 2 N–H and O–H groups in total. The normalized spacial score (nSPS) is 19.8. The predicted molar refractivity (Wildman–Crippen MR) is 89.9 cm³/mol. The van der Waals surface area contributed by atoms with Gasteiger partial charge in [0.15, 0.2) is 0 Å². The van der Waals surface area contributed by atoms with Gasteiger partial charge in [0.05, 0.1) is 18.7 Å². The van der Waals surface area contributed by atoms with E-state index in [2.05, 4.69) is 5.16 Å². The van der Waals surface area contributed by atoms with Crippen LogP contribution in [0.5, 0.6) is 5.75 Å². The van der Waals surface area contributed by atoms with Crippen LogP contribution in [0.4, 0.5) is 0 Å². The molecule has 1 fully saturated rings. The number of primary amides is 1. The van der Waals surface area contributed by atoms with Gasteiger partial charge >= 0.3 is 0 Å². The number of likely N-dealkylation sites (tertiary alicyclic amines) is 1. The Morgan fingerprint density at radius 3 is 2.64 bits per heavy atom. The van der Waals surface area contributed by atoms with Crippen molar-refractivity contribution in [1.29, 1.82) is 0 Å². The fourth-order valence-electron chi connectivity index (χ4n) is 3.13. The third-order valence-corrected chi connectivity index (χ3v) is 4.47. The fraction of sp³-hybridized carbons (Fsp3) is 0.389. The number of nitrogens with two attached hydrogens (primary N) is 1. The van der Waals surface area contributed by atoms with Gasteiger partial charge in [0, 0.05) is 12.0 Å². The summed E-state index contributed by atoms with van der Waals surface area (Å²) >= 11 is 0. The molecule has 0 radical (unpaired) electrons. The summed E-state index contributed by atoms with van der Waals surface area (Å²) in [6.45, 7) is 3.88. The van der Waals surface area contributed by atoms with Gasteiger partial charge in [-0.2, -0.15) is 0 Å². The molecule has 2 atom stereocenters. The number of benzene rings is 1. The number of para-hydroxylation sites is 1. The lowest BCUT2D eigenvalue weighted by Gasteiger charge is -2.21. The number of aryl methyl sites for hydroxylation is 2. The van der Waals surface area contributed by atoms with Crippen LogP contribution in [0.2, 0.25) is 0 Å². The number of nitrogens with zero attached hydrogens (tertiary/aromatic N) is 2. The van der Waals surface area contributed by atoms with E-state index in [9.17, 15) is 9.59 Å². The predicted octanol–water partition coefficient (Wildman–Crippen LogP) is 1.37. The molecule has 0 unspecified atom stereocenters. The average Bonchev–Trinajstić information content (AvgIpc) is 3.14. The van der Waals surface area contributed by atoms with Gasteiger partial charge in [-0.05, 0) is 26.0 Å². The van der Waals surface area contributed by atoms with Gasteiger partial charge < -0.3 is 19.9 Å². The summed E-state index contributed by atoms with van der Waals surface area (Å²) in [6, 6.07) is 8.66. The van der Waals surface area contributed by atoms with E-state index in [0.717, 1.165) is 5.56 Å². The average molecular weight is 343 g/mol. The molecule has 0 spiro atoms. The third kappa shape index (κ3) is 3.65. The molecule has 3 rings (SSSR count). The highest BCUT2D eigenvalue weighted by Gasteiger charge is 2.40. The van der Waals surface area contributed by atoms with Crippen molar-refractivity contribution >= 4 is 11.8 Å². The van der Waals surface area contributed by atoms with Crippen LogP contribution in [-0.2, 0) is 16.0 Å². The Morgan fingerprint density at radius 1 is 1.32 bits per heavy atom. The Labute approximate surface area is 145 Å². The first-order valence-electron chi connectivity index (χ1n) is 8.18. The highest BCUT2D eigenvalue weighted by molar-refractivity contribution is 5.88. The number of carbonyl (C=O) groups excluding carboxylic acids is 2. The van der Waals surface area contributed by atoms with E-state index in [4.69, 9.17) is 15.0 Å². The molecule has 132 valence electrons. The van der Waals surface area contributed by atoms with E-state index < -0.39 is 11.9 Å². The van der Waals surface area contributed by atoms with E-state index in [1.807, 2.05) is 30.3 Å². The highest BCUT2D eigenvalue weighted by atomic mass is 16.5. The molecule has 1 aliphatic rings. The molecule has 0 aliphatic carbocycles. The number of carbonyl (C=O) groups is 2. The first kappa shape index (κ1) is 17.0. The molecular formula is C18H21N3O4. The minimum absolute atomic E-state index is 0.128. The molecule has 2 aromatic rings. The van der Waals surface area contributed by atoms with Crippen molar-refractivity contribution in [2.45, 2.75) is 38.8 Å². The van der Waals surface area contributed by atoms with Gasteiger partial charge in [0.2, 0.25) is 11.8 Å². The van der Waals surface area contributed by atoms with E-state index in [0.29, 0.717) is 30.2 Å². The zero-order valence-corrected chi connectivity index (χ0v) is 14.3. The Balaban J connectivity index is 1.72. The molecule has 1 aromatic heterocycles.